The Hall–Kier alpha value is -0.820. The van der Waals surface area contributed by atoms with Crippen molar-refractivity contribution in [2.24, 2.45) is 0 Å². The van der Waals surface area contributed by atoms with Gasteiger partial charge in [-0.1, -0.05) is 17.7 Å². The lowest BCUT2D eigenvalue weighted by Crippen LogP contribution is -1.76. The normalized spacial score (nSPS) is 10.6. The number of nitrogens with zero attached hydrogens (tertiary/aromatic N) is 1. The molecule has 1 nitrogen and oxygen atoms in total. The minimum absolute atomic E-state index is 0.674. The van der Waals surface area contributed by atoms with Crippen LogP contribution in [0, 0.1) is 0 Å². The second kappa shape index (κ2) is 3.37. The molecule has 10 heavy (non-hydrogen) atoms. The van der Waals surface area contributed by atoms with Gasteiger partial charge in [-0.15, -0.1) is 0 Å². The first-order chi connectivity index (χ1) is 4.83. The van der Waals surface area contributed by atoms with Gasteiger partial charge in [0.25, 0.3) is 0 Å². The first kappa shape index (κ1) is 7.29. The number of rotatable bonds is 1. The maximum absolute atomic E-state index is 5.63. The van der Waals surface area contributed by atoms with E-state index in [2.05, 4.69) is 4.98 Å². The van der Waals surface area contributed by atoms with Gasteiger partial charge >= 0.3 is 0 Å². The fourth-order valence-electron chi connectivity index (χ4n) is 0.657. The number of pyridine rings is 1. The molecule has 0 bridgehead atoms. The largest absolute Gasteiger partial charge is 0.255 e. The van der Waals surface area contributed by atoms with Crippen LogP contribution < -0.4 is 0 Å². The smallest absolute Gasteiger partial charge is 0.0627 e. The molecule has 1 aromatic rings. The monoisotopic (exact) mass is 153 g/mol. The maximum atomic E-state index is 5.63. The van der Waals surface area contributed by atoms with E-state index in [4.69, 9.17) is 11.6 Å². The lowest BCUT2D eigenvalue weighted by molar-refractivity contribution is 1.29. The molecule has 0 aliphatic heterocycles. The molecule has 0 fully saturated rings. The highest BCUT2D eigenvalue weighted by atomic mass is 35.5. The Morgan fingerprint density at radius 2 is 2.30 bits per heavy atom. The molecule has 2 heteroatoms. The average Bonchev–Trinajstić information content (AvgIpc) is 1.95. The molecule has 0 atom stereocenters. The Labute approximate surface area is 65.4 Å². The molecule has 1 rings (SSSR count). The van der Waals surface area contributed by atoms with Gasteiger partial charge in [0, 0.05) is 6.20 Å². The van der Waals surface area contributed by atoms with Crippen LogP contribution in [0.3, 0.4) is 0 Å². The SMILES string of the molecule is CC=Cc1ccc(Cl)cn1. The molecule has 0 saturated heterocycles. The molecule has 0 amide bonds. The predicted molar refractivity (Wildman–Crippen MR) is 44.0 cm³/mol. The van der Waals surface area contributed by atoms with Crippen LogP contribution in [-0.2, 0) is 0 Å². The van der Waals surface area contributed by atoms with Crippen molar-refractivity contribution in [1.29, 1.82) is 0 Å². The third-order valence-corrected chi connectivity index (χ3v) is 1.31. The van der Waals surface area contributed by atoms with Gasteiger partial charge in [-0.2, -0.15) is 0 Å². The fourth-order valence-corrected chi connectivity index (χ4v) is 0.768. The molecular formula is C8H8ClN. The molecule has 0 aliphatic carbocycles. The van der Waals surface area contributed by atoms with Crippen LogP contribution in [0.2, 0.25) is 5.02 Å². The summed E-state index contributed by atoms with van der Waals surface area (Å²) in [6, 6.07) is 3.70. The average molecular weight is 154 g/mol. The van der Waals surface area contributed by atoms with Gasteiger partial charge in [0.2, 0.25) is 0 Å². The summed E-state index contributed by atoms with van der Waals surface area (Å²) in [5.74, 6) is 0. The Bertz CT molecular complexity index is 226. The number of halogens is 1. The van der Waals surface area contributed by atoms with Crippen molar-refractivity contribution >= 4 is 17.7 Å². The van der Waals surface area contributed by atoms with Gasteiger partial charge < -0.3 is 0 Å². The number of aromatic nitrogens is 1. The van der Waals surface area contributed by atoms with E-state index >= 15 is 0 Å². The highest BCUT2D eigenvalue weighted by Crippen LogP contribution is 2.06. The van der Waals surface area contributed by atoms with Crippen molar-refractivity contribution in [3.63, 3.8) is 0 Å². The van der Waals surface area contributed by atoms with Crippen LogP contribution in [0.4, 0.5) is 0 Å². The summed E-state index contributed by atoms with van der Waals surface area (Å²) in [5, 5.41) is 0.674. The standard InChI is InChI=1S/C8H8ClN/c1-2-3-8-5-4-7(9)6-10-8/h2-6H,1H3. The van der Waals surface area contributed by atoms with Crippen LogP contribution in [0.5, 0.6) is 0 Å². The molecule has 1 aromatic heterocycles. The number of allylic oxidation sites excluding steroid dienone is 1. The van der Waals surface area contributed by atoms with Crippen molar-refractivity contribution in [3.05, 3.63) is 35.1 Å². The first-order valence-electron chi connectivity index (χ1n) is 3.07. The van der Waals surface area contributed by atoms with Gasteiger partial charge in [0.05, 0.1) is 10.7 Å². The Kier molecular flexibility index (Phi) is 2.46. The molecule has 0 radical (unpaired) electrons. The second-order valence-corrected chi connectivity index (χ2v) is 2.34. The van der Waals surface area contributed by atoms with Gasteiger partial charge in [0.15, 0.2) is 0 Å². The molecule has 0 unspecified atom stereocenters. The van der Waals surface area contributed by atoms with Crippen LogP contribution >= 0.6 is 11.6 Å². The quantitative estimate of drug-likeness (QED) is 0.605. The second-order valence-electron chi connectivity index (χ2n) is 1.90. The van der Waals surface area contributed by atoms with Crippen molar-refractivity contribution in [1.82, 2.24) is 4.98 Å². The summed E-state index contributed by atoms with van der Waals surface area (Å²) in [4.78, 5) is 4.05. The van der Waals surface area contributed by atoms with Gasteiger partial charge in [-0.25, -0.2) is 0 Å². The van der Waals surface area contributed by atoms with Crippen molar-refractivity contribution in [2.45, 2.75) is 6.92 Å². The summed E-state index contributed by atoms with van der Waals surface area (Å²) in [5.41, 5.74) is 0.937. The number of hydrogen-bond acceptors (Lipinski definition) is 1. The Morgan fingerprint density at radius 3 is 2.80 bits per heavy atom. The molecule has 0 N–H and O–H groups in total. The topological polar surface area (TPSA) is 12.9 Å². The van der Waals surface area contributed by atoms with E-state index in [9.17, 15) is 0 Å². The summed E-state index contributed by atoms with van der Waals surface area (Å²) in [7, 11) is 0. The lowest BCUT2D eigenvalue weighted by Gasteiger charge is -1.90. The van der Waals surface area contributed by atoms with Gasteiger partial charge in [-0.05, 0) is 25.1 Å². The van der Waals surface area contributed by atoms with Crippen LogP contribution in [0.1, 0.15) is 12.6 Å². The summed E-state index contributed by atoms with van der Waals surface area (Å²) in [6.45, 7) is 1.95. The molecule has 1 heterocycles. The van der Waals surface area contributed by atoms with Crippen molar-refractivity contribution < 1.29 is 0 Å². The summed E-state index contributed by atoms with van der Waals surface area (Å²) in [6.07, 6.45) is 5.50. The zero-order valence-corrected chi connectivity index (χ0v) is 6.47. The van der Waals surface area contributed by atoms with Crippen LogP contribution in [-0.4, -0.2) is 4.98 Å². The minimum atomic E-state index is 0.674. The van der Waals surface area contributed by atoms with E-state index in [-0.39, 0.29) is 0 Å². The zero-order chi connectivity index (χ0) is 7.40. The Balaban J connectivity index is 2.89. The zero-order valence-electron chi connectivity index (χ0n) is 5.71. The first-order valence-corrected chi connectivity index (χ1v) is 3.45. The highest BCUT2D eigenvalue weighted by Gasteiger charge is 1.86. The third kappa shape index (κ3) is 1.85. The summed E-state index contributed by atoms with van der Waals surface area (Å²) >= 11 is 5.63. The molecule has 52 valence electrons. The minimum Gasteiger partial charge on any atom is -0.255 e. The number of hydrogen-bond donors (Lipinski definition) is 0. The van der Waals surface area contributed by atoms with E-state index < -0.39 is 0 Å². The van der Waals surface area contributed by atoms with Gasteiger partial charge in [0.1, 0.15) is 0 Å². The van der Waals surface area contributed by atoms with E-state index in [1.165, 1.54) is 0 Å². The van der Waals surface area contributed by atoms with Crippen LogP contribution in [0.15, 0.2) is 24.4 Å². The van der Waals surface area contributed by atoms with E-state index in [1.54, 1.807) is 6.20 Å². The van der Waals surface area contributed by atoms with Crippen LogP contribution in [0.25, 0.3) is 6.08 Å². The molecule has 0 aliphatic rings. The van der Waals surface area contributed by atoms with Gasteiger partial charge in [-0.3, -0.25) is 4.98 Å². The predicted octanol–water partition coefficient (Wildman–Crippen LogP) is 2.77. The molecule has 0 saturated carbocycles. The van der Waals surface area contributed by atoms with Crippen molar-refractivity contribution in [2.75, 3.05) is 0 Å². The van der Waals surface area contributed by atoms with E-state index in [0.29, 0.717) is 5.02 Å². The Morgan fingerprint density at radius 1 is 1.50 bits per heavy atom. The molecular weight excluding hydrogens is 146 g/mol. The van der Waals surface area contributed by atoms with E-state index in [0.717, 1.165) is 5.69 Å². The van der Waals surface area contributed by atoms with E-state index in [1.807, 2.05) is 31.2 Å². The molecule has 0 spiro atoms. The highest BCUT2D eigenvalue weighted by molar-refractivity contribution is 6.30. The lowest BCUT2D eigenvalue weighted by atomic mass is 10.3. The third-order valence-electron chi connectivity index (χ3n) is 1.09. The molecule has 0 aromatic carbocycles. The maximum Gasteiger partial charge on any atom is 0.0627 e. The summed E-state index contributed by atoms with van der Waals surface area (Å²) < 4.78 is 0. The van der Waals surface area contributed by atoms with Crippen molar-refractivity contribution in [3.8, 4) is 0 Å². The fraction of sp³-hybridized carbons (Fsp3) is 0.125.